The Morgan fingerprint density at radius 3 is 2.62 bits per heavy atom. The van der Waals surface area contributed by atoms with Gasteiger partial charge in [0.2, 0.25) is 0 Å². The molecule has 16 heavy (non-hydrogen) atoms. The summed E-state index contributed by atoms with van der Waals surface area (Å²) in [6.07, 6.45) is 0.703. The van der Waals surface area contributed by atoms with Crippen molar-refractivity contribution in [1.29, 1.82) is 0 Å². The number of aromatic nitrogens is 1. The molecule has 2 aromatic rings. The summed E-state index contributed by atoms with van der Waals surface area (Å²) in [6.45, 7) is 5.77. The van der Waals surface area contributed by atoms with Crippen molar-refractivity contribution in [3.8, 4) is 11.3 Å². The number of nitrogens with zero attached hydrogens (tertiary/aromatic N) is 1. The fraction of sp³-hybridized carbons (Fsp3) is 0.231. The van der Waals surface area contributed by atoms with Gasteiger partial charge in [-0.3, -0.25) is 4.79 Å². The zero-order valence-electron chi connectivity index (χ0n) is 9.57. The first-order valence-electron chi connectivity index (χ1n) is 5.12. The molecule has 0 unspecified atom stereocenters. The highest BCUT2D eigenvalue weighted by Gasteiger charge is 2.13. The van der Waals surface area contributed by atoms with E-state index in [0.717, 1.165) is 11.1 Å². The van der Waals surface area contributed by atoms with Gasteiger partial charge in [0, 0.05) is 12.5 Å². The summed E-state index contributed by atoms with van der Waals surface area (Å²) < 4.78 is 5.22. The van der Waals surface area contributed by atoms with E-state index in [1.165, 1.54) is 5.56 Å². The minimum atomic E-state index is 0.296. The summed E-state index contributed by atoms with van der Waals surface area (Å²) in [5, 5.41) is 0. The van der Waals surface area contributed by atoms with Gasteiger partial charge in [-0.25, -0.2) is 4.98 Å². The minimum absolute atomic E-state index is 0.296. The number of hydrogen-bond donors (Lipinski definition) is 0. The van der Waals surface area contributed by atoms with Crippen LogP contribution in [-0.2, 0) is 0 Å². The number of hydrogen-bond acceptors (Lipinski definition) is 3. The molecular weight excluding hydrogens is 202 g/mol. The fourth-order valence-electron chi connectivity index (χ4n) is 1.79. The molecule has 0 bridgehead atoms. The van der Waals surface area contributed by atoms with Gasteiger partial charge in [0.1, 0.15) is 5.69 Å². The first-order chi connectivity index (χ1) is 7.61. The van der Waals surface area contributed by atoms with Crippen molar-refractivity contribution in [3.05, 3.63) is 41.0 Å². The predicted octanol–water partition coefficient (Wildman–Crippen LogP) is 3.08. The van der Waals surface area contributed by atoms with E-state index in [-0.39, 0.29) is 0 Å². The van der Waals surface area contributed by atoms with Crippen molar-refractivity contribution in [2.24, 2.45) is 0 Å². The molecule has 1 heterocycles. The van der Waals surface area contributed by atoms with Gasteiger partial charge < -0.3 is 4.42 Å². The number of aldehydes is 1. The monoisotopic (exact) mass is 215 g/mol. The van der Waals surface area contributed by atoms with E-state index < -0.39 is 0 Å². The van der Waals surface area contributed by atoms with Crippen molar-refractivity contribution in [1.82, 2.24) is 4.98 Å². The lowest BCUT2D eigenvalue weighted by Gasteiger charge is -2.03. The van der Waals surface area contributed by atoms with Crippen LogP contribution in [0.25, 0.3) is 11.3 Å². The average molecular weight is 215 g/mol. The Balaban J connectivity index is 2.62. The summed E-state index contributed by atoms with van der Waals surface area (Å²) in [4.78, 5) is 15.1. The average Bonchev–Trinajstić information content (AvgIpc) is 2.59. The Labute approximate surface area is 94.1 Å². The topological polar surface area (TPSA) is 43.1 Å². The van der Waals surface area contributed by atoms with Crippen LogP contribution in [0.3, 0.4) is 0 Å². The number of carbonyl (C=O) groups is 1. The highest BCUT2D eigenvalue weighted by molar-refractivity contribution is 5.83. The van der Waals surface area contributed by atoms with Crippen LogP contribution in [0.5, 0.6) is 0 Å². The molecule has 1 aromatic heterocycles. The van der Waals surface area contributed by atoms with Crippen LogP contribution in [0.1, 0.15) is 27.6 Å². The maximum absolute atomic E-state index is 10.9. The SMILES string of the molecule is Cc1ccc(-c2nc(C)oc2C=O)c(C)c1. The third kappa shape index (κ3) is 1.76. The van der Waals surface area contributed by atoms with Gasteiger partial charge in [-0.1, -0.05) is 23.8 Å². The lowest BCUT2D eigenvalue weighted by molar-refractivity contribution is 0.110. The Kier molecular flexibility index (Phi) is 2.60. The molecule has 0 aliphatic rings. The largest absolute Gasteiger partial charge is 0.438 e. The van der Waals surface area contributed by atoms with Gasteiger partial charge in [-0.05, 0) is 19.4 Å². The Morgan fingerprint density at radius 1 is 1.25 bits per heavy atom. The maximum Gasteiger partial charge on any atom is 0.195 e. The molecule has 0 spiro atoms. The van der Waals surface area contributed by atoms with E-state index in [1.54, 1.807) is 6.92 Å². The van der Waals surface area contributed by atoms with Gasteiger partial charge in [0.25, 0.3) is 0 Å². The third-order valence-corrected chi connectivity index (χ3v) is 2.50. The molecule has 0 aliphatic heterocycles. The molecule has 0 atom stereocenters. The molecule has 0 aliphatic carbocycles. The molecule has 0 amide bonds. The second-order valence-corrected chi connectivity index (χ2v) is 3.88. The van der Waals surface area contributed by atoms with E-state index in [4.69, 9.17) is 4.42 Å². The van der Waals surface area contributed by atoms with E-state index in [1.807, 2.05) is 26.0 Å². The Hall–Kier alpha value is -1.90. The molecule has 0 N–H and O–H groups in total. The molecule has 0 saturated heterocycles. The standard InChI is InChI=1S/C13H13NO2/c1-8-4-5-11(9(2)6-8)13-12(7-15)16-10(3)14-13/h4-7H,1-3H3. The molecule has 3 heteroatoms. The van der Waals surface area contributed by atoms with Crippen LogP contribution < -0.4 is 0 Å². The van der Waals surface area contributed by atoms with E-state index in [9.17, 15) is 4.79 Å². The second-order valence-electron chi connectivity index (χ2n) is 3.88. The smallest absolute Gasteiger partial charge is 0.195 e. The first-order valence-corrected chi connectivity index (χ1v) is 5.12. The third-order valence-electron chi connectivity index (χ3n) is 2.50. The zero-order valence-corrected chi connectivity index (χ0v) is 9.57. The van der Waals surface area contributed by atoms with Gasteiger partial charge in [-0.15, -0.1) is 0 Å². The highest BCUT2D eigenvalue weighted by Crippen LogP contribution is 2.26. The van der Waals surface area contributed by atoms with Gasteiger partial charge in [-0.2, -0.15) is 0 Å². The van der Waals surface area contributed by atoms with Crippen LogP contribution in [0.15, 0.2) is 22.6 Å². The van der Waals surface area contributed by atoms with Crippen molar-refractivity contribution >= 4 is 6.29 Å². The zero-order chi connectivity index (χ0) is 11.7. The maximum atomic E-state index is 10.9. The van der Waals surface area contributed by atoms with Crippen molar-refractivity contribution in [3.63, 3.8) is 0 Å². The van der Waals surface area contributed by atoms with E-state index in [2.05, 4.69) is 11.1 Å². The van der Waals surface area contributed by atoms with Crippen LogP contribution in [-0.4, -0.2) is 11.3 Å². The summed E-state index contributed by atoms with van der Waals surface area (Å²) in [5.41, 5.74) is 3.86. The van der Waals surface area contributed by atoms with Crippen molar-refractivity contribution < 1.29 is 9.21 Å². The number of benzene rings is 1. The van der Waals surface area contributed by atoms with Crippen LogP contribution in [0.2, 0.25) is 0 Å². The van der Waals surface area contributed by atoms with Crippen LogP contribution >= 0.6 is 0 Å². The number of rotatable bonds is 2. The molecule has 0 radical (unpaired) electrons. The van der Waals surface area contributed by atoms with Crippen molar-refractivity contribution in [2.45, 2.75) is 20.8 Å². The van der Waals surface area contributed by atoms with E-state index >= 15 is 0 Å². The number of oxazole rings is 1. The van der Waals surface area contributed by atoms with Crippen LogP contribution in [0.4, 0.5) is 0 Å². The Bertz CT molecular complexity index is 541. The lowest BCUT2D eigenvalue weighted by atomic mass is 10.0. The summed E-state index contributed by atoms with van der Waals surface area (Å²) in [7, 11) is 0. The summed E-state index contributed by atoms with van der Waals surface area (Å²) in [5.74, 6) is 0.807. The summed E-state index contributed by atoms with van der Waals surface area (Å²) >= 11 is 0. The Morgan fingerprint density at radius 2 is 2.00 bits per heavy atom. The first kappa shape index (κ1) is 10.6. The normalized spacial score (nSPS) is 10.4. The molecular formula is C13H13NO2. The fourth-order valence-corrected chi connectivity index (χ4v) is 1.79. The quantitative estimate of drug-likeness (QED) is 0.723. The molecule has 1 aromatic carbocycles. The minimum Gasteiger partial charge on any atom is -0.438 e. The predicted molar refractivity (Wildman–Crippen MR) is 61.5 cm³/mol. The molecule has 0 fully saturated rings. The molecule has 0 saturated carbocycles. The summed E-state index contributed by atoms with van der Waals surface area (Å²) in [6, 6.07) is 6.03. The number of carbonyl (C=O) groups excluding carboxylic acids is 1. The van der Waals surface area contributed by atoms with Crippen LogP contribution in [0, 0.1) is 20.8 Å². The van der Waals surface area contributed by atoms with Gasteiger partial charge >= 0.3 is 0 Å². The van der Waals surface area contributed by atoms with Gasteiger partial charge in [0.15, 0.2) is 17.9 Å². The molecule has 3 nitrogen and oxygen atoms in total. The second kappa shape index (κ2) is 3.93. The van der Waals surface area contributed by atoms with E-state index in [0.29, 0.717) is 23.6 Å². The number of aryl methyl sites for hydroxylation is 3. The van der Waals surface area contributed by atoms with Gasteiger partial charge in [0.05, 0.1) is 0 Å². The molecule has 82 valence electrons. The highest BCUT2D eigenvalue weighted by atomic mass is 16.4. The van der Waals surface area contributed by atoms with Crippen molar-refractivity contribution in [2.75, 3.05) is 0 Å². The lowest BCUT2D eigenvalue weighted by Crippen LogP contribution is -1.88. The molecule has 2 rings (SSSR count).